The summed E-state index contributed by atoms with van der Waals surface area (Å²) in [5.74, 6) is -0.810. The van der Waals surface area contributed by atoms with Crippen molar-refractivity contribution in [1.82, 2.24) is 4.90 Å². The molecule has 0 spiro atoms. The van der Waals surface area contributed by atoms with Crippen molar-refractivity contribution < 1.29 is 26.3 Å². The number of anilines is 2. The Morgan fingerprint density at radius 1 is 1.07 bits per heavy atom. The van der Waals surface area contributed by atoms with E-state index in [1.807, 2.05) is 11.9 Å². The molecule has 3 rings (SSSR count). The number of hydrogen-bond donors (Lipinski definition) is 1. The Morgan fingerprint density at radius 3 is 2.38 bits per heavy atom. The van der Waals surface area contributed by atoms with Crippen LogP contribution in [0, 0.1) is 0 Å². The molecule has 0 saturated carbocycles. The molecule has 1 fully saturated rings. The molecule has 1 saturated heterocycles. The first-order chi connectivity index (χ1) is 13.5. The number of sulfonamides is 1. The molecular formula is C18H19ClF3N3O3S. The summed E-state index contributed by atoms with van der Waals surface area (Å²) in [5.41, 5.74) is 0.782. The van der Waals surface area contributed by atoms with E-state index in [9.17, 15) is 21.6 Å². The number of benzene rings is 2. The van der Waals surface area contributed by atoms with Gasteiger partial charge in [-0.1, -0.05) is 23.7 Å². The minimum absolute atomic E-state index is 0.184. The monoisotopic (exact) mass is 449 g/mol. The number of rotatable bonds is 5. The predicted octanol–water partition coefficient (Wildman–Crippen LogP) is 3.79. The number of nitrogens with one attached hydrogen (secondary N) is 1. The van der Waals surface area contributed by atoms with Crippen LogP contribution in [0.3, 0.4) is 0 Å². The number of ether oxygens (including phenoxy) is 1. The van der Waals surface area contributed by atoms with E-state index in [0.29, 0.717) is 23.8 Å². The minimum atomic E-state index is -5.02. The number of nitrogens with zero attached hydrogens (tertiary/aromatic N) is 2. The zero-order valence-electron chi connectivity index (χ0n) is 15.4. The first-order valence-electron chi connectivity index (χ1n) is 8.66. The third-order valence-corrected chi connectivity index (χ3v) is 6.05. The van der Waals surface area contributed by atoms with Crippen LogP contribution in [0.15, 0.2) is 47.4 Å². The summed E-state index contributed by atoms with van der Waals surface area (Å²) >= 11 is 6.04. The number of alkyl halides is 3. The zero-order chi connectivity index (χ0) is 21.2. The summed E-state index contributed by atoms with van der Waals surface area (Å²) < 4.78 is 70.0. The Hall–Kier alpha value is -2.17. The standard InChI is InChI=1S/C18H19ClF3N3O3S/c1-24-8-10-25(11-9-24)15-7-6-13(19)12-14(15)23-29(26,27)17-5-3-2-4-16(17)28-18(20,21)22/h2-7,12,23H,8-11H2,1H3. The van der Waals surface area contributed by atoms with Crippen LogP contribution >= 0.6 is 11.6 Å². The van der Waals surface area contributed by atoms with Gasteiger partial charge in [-0.3, -0.25) is 4.72 Å². The number of para-hydroxylation sites is 1. The lowest BCUT2D eigenvalue weighted by Gasteiger charge is -2.35. The van der Waals surface area contributed by atoms with E-state index < -0.39 is 27.0 Å². The second-order valence-corrected chi connectivity index (χ2v) is 8.64. The summed E-state index contributed by atoms with van der Waals surface area (Å²) in [6.07, 6.45) is -5.02. The summed E-state index contributed by atoms with van der Waals surface area (Å²) in [6, 6.07) is 9.31. The molecule has 0 amide bonds. The van der Waals surface area contributed by atoms with E-state index in [1.54, 1.807) is 12.1 Å². The quantitative estimate of drug-likeness (QED) is 0.752. The van der Waals surface area contributed by atoms with Crippen LogP contribution in [-0.4, -0.2) is 52.9 Å². The third kappa shape index (κ3) is 5.46. The SMILES string of the molecule is CN1CCN(c2ccc(Cl)cc2NS(=O)(=O)c2ccccc2OC(F)(F)F)CC1. The van der Waals surface area contributed by atoms with Gasteiger partial charge in [0.15, 0.2) is 0 Å². The fourth-order valence-corrected chi connectivity index (χ4v) is 4.36. The first-order valence-corrected chi connectivity index (χ1v) is 10.5. The molecule has 29 heavy (non-hydrogen) atoms. The normalized spacial score (nSPS) is 16.0. The summed E-state index contributed by atoms with van der Waals surface area (Å²) in [6.45, 7) is 2.91. The summed E-state index contributed by atoms with van der Waals surface area (Å²) in [5, 5.41) is 0.292. The Kier molecular flexibility index (Phi) is 6.16. The Labute approximate surface area is 171 Å². The molecule has 0 atom stereocenters. The molecule has 11 heteroatoms. The van der Waals surface area contributed by atoms with Gasteiger partial charge in [0.2, 0.25) is 0 Å². The second kappa shape index (κ2) is 8.29. The molecular weight excluding hydrogens is 431 g/mol. The molecule has 1 aliphatic heterocycles. The van der Waals surface area contributed by atoms with Crippen LogP contribution in [0.4, 0.5) is 24.5 Å². The van der Waals surface area contributed by atoms with Crippen molar-refractivity contribution in [2.75, 3.05) is 42.8 Å². The number of piperazine rings is 1. The van der Waals surface area contributed by atoms with Crippen LogP contribution in [0.5, 0.6) is 5.75 Å². The van der Waals surface area contributed by atoms with Gasteiger partial charge in [-0.05, 0) is 37.4 Å². The van der Waals surface area contributed by atoms with Crippen molar-refractivity contribution in [3.8, 4) is 5.75 Å². The summed E-state index contributed by atoms with van der Waals surface area (Å²) in [4.78, 5) is 3.51. The maximum absolute atomic E-state index is 12.9. The molecule has 1 heterocycles. The van der Waals surface area contributed by atoms with Crippen molar-refractivity contribution >= 4 is 33.0 Å². The van der Waals surface area contributed by atoms with Gasteiger partial charge >= 0.3 is 6.36 Å². The lowest BCUT2D eigenvalue weighted by Crippen LogP contribution is -2.44. The highest BCUT2D eigenvalue weighted by Crippen LogP contribution is 2.34. The lowest BCUT2D eigenvalue weighted by molar-refractivity contribution is -0.275. The van der Waals surface area contributed by atoms with Crippen LogP contribution in [0.1, 0.15) is 0 Å². The minimum Gasteiger partial charge on any atom is -0.404 e. The van der Waals surface area contributed by atoms with Crippen LogP contribution in [0.2, 0.25) is 5.02 Å². The lowest BCUT2D eigenvalue weighted by atomic mass is 10.2. The van der Waals surface area contributed by atoms with E-state index in [2.05, 4.69) is 14.4 Å². The van der Waals surface area contributed by atoms with Crippen LogP contribution in [0.25, 0.3) is 0 Å². The average molecular weight is 450 g/mol. The Balaban J connectivity index is 1.95. The molecule has 0 radical (unpaired) electrons. The molecule has 0 aliphatic carbocycles. The van der Waals surface area contributed by atoms with E-state index >= 15 is 0 Å². The predicted molar refractivity (Wildman–Crippen MR) is 105 cm³/mol. The van der Waals surface area contributed by atoms with Gasteiger partial charge < -0.3 is 14.5 Å². The molecule has 0 unspecified atom stereocenters. The van der Waals surface area contributed by atoms with Crippen LogP contribution in [-0.2, 0) is 10.0 Å². The van der Waals surface area contributed by atoms with Gasteiger partial charge in [0.1, 0.15) is 10.6 Å². The van der Waals surface area contributed by atoms with Crippen molar-refractivity contribution in [1.29, 1.82) is 0 Å². The summed E-state index contributed by atoms with van der Waals surface area (Å²) in [7, 11) is -2.39. The molecule has 158 valence electrons. The van der Waals surface area contributed by atoms with Gasteiger partial charge in [0.25, 0.3) is 10.0 Å². The number of hydrogen-bond acceptors (Lipinski definition) is 5. The van der Waals surface area contributed by atoms with E-state index in [1.165, 1.54) is 18.2 Å². The van der Waals surface area contributed by atoms with E-state index in [0.717, 1.165) is 25.2 Å². The largest absolute Gasteiger partial charge is 0.573 e. The van der Waals surface area contributed by atoms with Crippen molar-refractivity contribution in [3.63, 3.8) is 0 Å². The zero-order valence-corrected chi connectivity index (χ0v) is 17.0. The smallest absolute Gasteiger partial charge is 0.404 e. The molecule has 6 nitrogen and oxygen atoms in total. The van der Waals surface area contributed by atoms with Crippen LogP contribution < -0.4 is 14.4 Å². The van der Waals surface area contributed by atoms with Gasteiger partial charge in [-0.2, -0.15) is 0 Å². The maximum Gasteiger partial charge on any atom is 0.573 e. The van der Waals surface area contributed by atoms with E-state index in [-0.39, 0.29) is 5.69 Å². The average Bonchev–Trinajstić information content (AvgIpc) is 2.61. The second-order valence-electron chi connectivity index (χ2n) is 6.55. The van der Waals surface area contributed by atoms with Crippen molar-refractivity contribution in [2.24, 2.45) is 0 Å². The third-order valence-electron chi connectivity index (χ3n) is 4.41. The van der Waals surface area contributed by atoms with Gasteiger partial charge in [0, 0.05) is 31.2 Å². The molecule has 2 aromatic carbocycles. The number of halogens is 4. The van der Waals surface area contributed by atoms with Gasteiger partial charge in [-0.25, -0.2) is 8.42 Å². The first kappa shape index (κ1) is 21.5. The van der Waals surface area contributed by atoms with Gasteiger partial charge in [-0.15, -0.1) is 13.2 Å². The maximum atomic E-state index is 12.9. The molecule has 0 bridgehead atoms. The van der Waals surface area contributed by atoms with Crippen molar-refractivity contribution in [3.05, 3.63) is 47.5 Å². The highest BCUT2D eigenvalue weighted by molar-refractivity contribution is 7.92. The Bertz CT molecular complexity index is 978. The highest BCUT2D eigenvalue weighted by Gasteiger charge is 2.34. The van der Waals surface area contributed by atoms with Gasteiger partial charge in [0.05, 0.1) is 11.4 Å². The molecule has 1 N–H and O–H groups in total. The van der Waals surface area contributed by atoms with Crippen molar-refractivity contribution in [2.45, 2.75) is 11.3 Å². The fourth-order valence-electron chi connectivity index (χ4n) is 2.99. The Morgan fingerprint density at radius 2 is 1.72 bits per heavy atom. The molecule has 1 aliphatic rings. The highest BCUT2D eigenvalue weighted by atomic mass is 35.5. The fraction of sp³-hybridized carbons (Fsp3) is 0.333. The molecule has 0 aromatic heterocycles. The molecule has 2 aromatic rings. The van der Waals surface area contributed by atoms with E-state index in [4.69, 9.17) is 11.6 Å². The number of likely N-dealkylation sites (N-methyl/N-ethyl adjacent to an activating group) is 1. The topological polar surface area (TPSA) is 61.9 Å².